The van der Waals surface area contributed by atoms with Gasteiger partial charge in [0, 0.05) is 5.54 Å². The molecular formula is C21H19ClSi. The molecule has 0 bridgehead atoms. The van der Waals surface area contributed by atoms with Crippen LogP contribution in [0.15, 0.2) is 73.8 Å². The zero-order valence-electron chi connectivity index (χ0n) is 13.0. The summed E-state index contributed by atoms with van der Waals surface area (Å²) in [5.41, 5.74) is 4.77. The van der Waals surface area contributed by atoms with Crippen LogP contribution in [-0.2, 0) is 0 Å². The Morgan fingerprint density at radius 1 is 0.783 bits per heavy atom. The number of halogens is 1. The van der Waals surface area contributed by atoms with E-state index in [1.165, 1.54) is 0 Å². The molecule has 114 valence electrons. The lowest BCUT2D eigenvalue weighted by atomic mass is 10.1. The van der Waals surface area contributed by atoms with Crippen molar-refractivity contribution in [2.24, 2.45) is 0 Å². The fraction of sp³-hybridized carbons (Fsp3) is 0.0476. The Morgan fingerprint density at radius 2 is 1.22 bits per heavy atom. The maximum atomic E-state index is 6.11. The van der Waals surface area contributed by atoms with Crippen molar-refractivity contribution in [1.29, 1.82) is 0 Å². The highest BCUT2D eigenvalue weighted by Crippen LogP contribution is 2.17. The molecule has 0 aliphatic rings. The molecule has 0 aliphatic carbocycles. The molecular weight excluding hydrogens is 316 g/mol. The molecule has 0 saturated carbocycles. The van der Waals surface area contributed by atoms with Gasteiger partial charge in [-0.3, -0.25) is 0 Å². The fourth-order valence-corrected chi connectivity index (χ4v) is 2.92. The van der Waals surface area contributed by atoms with Gasteiger partial charge >= 0.3 is 0 Å². The monoisotopic (exact) mass is 334 g/mol. The minimum Gasteiger partial charge on any atom is -0.170 e. The minimum atomic E-state index is 0.219. The van der Waals surface area contributed by atoms with Gasteiger partial charge in [0.1, 0.15) is 0 Å². The van der Waals surface area contributed by atoms with Gasteiger partial charge in [0.2, 0.25) is 0 Å². The zero-order valence-corrected chi connectivity index (χ0v) is 14.7. The first kappa shape index (κ1) is 17.3. The van der Waals surface area contributed by atoms with E-state index in [2.05, 4.69) is 61.7 Å². The smallest absolute Gasteiger partial charge is 0.170 e. The van der Waals surface area contributed by atoms with E-state index in [-0.39, 0.29) is 5.54 Å². The maximum absolute atomic E-state index is 6.11. The molecule has 0 nitrogen and oxygen atoms in total. The molecule has 2 rings (SSSR count). The van der Waals surface area contributed by atoms with E-state index in [9.17, 15) is 0 Å². The molecule has 0 aliphatic heterocycles. The average molecular weight is 335 g/mol. The molecule has 2 heteroatoms. The quantitative estimate of drug-likeness (QED) is 0.409. The molecule has 0 unspecified atom stereocenters. The lowest BCUT2D eigenvalue weighted by molar-refractivity contribution is 1.39. The third-order valence-electron chi connectivity index (χ3n) is 3.41. The summed E-state index contributed by atoms with van der Waals surface area (Å²) in [5.74, 6) is 0. The van der Waals surface area contributed by atoms with Crippen LogP contribution < -0.4 is 0 Å². The molecule has 2 radical (unpaired) electrons. The third kappa shape index (κ3) is 5.55. The van der Waals surface area contributed by atoms with Crippen molar-refractivity contribution in [3.05, 3.63) is 96.1 Å². The number of hydrogen-bond donors (Lipinski definition) is 0. The van der Waals surface area contributed by atoms with Crippen LogP contribution in [0.25, 0.3) is 24.3 Å². The molecule has 2 aromatic rings. The molecule has 0 heterocycles. The summed E-state index contributed by atoms with van der Waals surface area (Å²) < 4.78 is 0. The minimum absolute atomic E-state index is 0.219. The van der Waals surface area contributed by atoms with E-state index in [4.69, 9.17) is 11.1 Å². The van der Waals surface area contributed by atoms with Gasteiger partial charge in [-0.1, -0.05) is 86.0 Å². The molecule has 0 spiro atoms. The second kappa shape index (κ2) is 9.14. The van der Waals surface area contributed by atoms with Gasteiger partial charge in [-0.05, 0) is 34.4 Å². The molecule has 0 aromatic heterocycles. The SMILES string of the molecule is C=Cc1cccc(C=CC(C=Cc2cccc(C=C)c2)[Si]Cl)c1. The van der Waals surface area contributed by atoms with Gasteiger partial charge in [-0.15, -0.1) is 0 Å². The number of rotatable bonds is 7. The van der Waals surface area contributed by atoms with Crippen LogP contribution in [0, 0.1) is 0 Å². The molecule has 0 atom stereocenters. The van der Waals surface area contributed by atoms with Crippen molar-refractivity contribution in [2.45, 2.75) is 5.54 Å². The second-order valence-electron chi connectivity index (χ2n) is 5.10. The average Bonchev–Trinajstić information content (AvgIpc) is 2.62. The van der Waals surface area contributed by atoms with Gasteiger partial charge < -0.3 is 0 Å². The Bertz CT molecular complexity index is 667. The molecule has 2 aromatic carbocycles. The van der Waals surface area contributed by atoms with Crippen molar-refractivity contribution in [1.82, 2.24) is 0 Å². The maximum Gasteiger partial charge on any atom is 0.183 e. The van der Waals surface area contributed by atoms with Crippen molar-refractivity contribution in [2.75, 3.05) is 0 Å². The van der Waals surface area contributed by atoms with Crippen molar-refractivity contribution >= 4 is 44.2 Å². The van der Waals surface area contributed by atoms with E-state index in [1.807, 2.05) is 36.4 Å². The highest BCUT2D eigenvalue weighted by molar-refractivity contribution is 6.95. The molecule has 0 saturated heterocycles. The van der Waals surface area contributed by atoms with E-state index >= 15 is 0 Å². The van der Waals surface area contributed by atoms with E-state index in [0.29, 0.717) is 8.83 Å². The number of benzene rings is 2. The van der Waals surface area contributed by atoms with Gasteiger partial charge in [-0.25, -0.2) is 0 Å². The molecule has 0 fully saturated rings. The Kier molecular flexibility index (Phi) is 6.86. The normalized spacial score (nSPS) is 12.6. The Hall–Kier alpha value is -2.09. The Morgan fingerprint density at radius 3 is 1.61 bits per heavy atom. The number of hydrogen-bond acceptors (Lipinski definition) is 0. The first-order valence-corrected chi connectivity index (χ1v) is 9.51. The summed E-state index contributed by atoms with van der Waals surface area (Å²) in [6, 6.07) is 16.5. The summed E-state index contributed by atoms with van der Waals surface area (Å²) in [6.45, 7) is 7.60. The van der Waals surface area contributed by atoms with Gasteiger partial charge in [0.15, 0.2) is 8.83 Å². The molecule has 0 amide bonds. The number of allylic oxidation sites excluding steroid dienone is 2. The van der Waals surface area contributed by atoms with Crippen LogP contribution in [0.1, 0.15) is 22.3 Å². The van der Waals surface area contributed by atoms with Crippen LogP contribution in [0.5, 0.6) is 0 Å². The first-order chi connectivity index (χ1) is 11.2. The zero-order chi connectivity index (χ0) is 16.5. The third-order valence-corrected chi connectivity index (χ3v) is 4.80. The lowest BCUT2D eigenvalue weighted by Crippen LogP contribution is -1.89. The lowest BCUT2D eigenvalue weighted by Gasteiger charge is -2.02. The van der Waals surface area contributed by atoms with E-state index in [1.54, 1.807) is 0 Å². The highest BCUT2D eigenvalue weighted by atomic mass is 35.6. The van der Waals surface area contributed by atoms with Crippen molar-refractivity contribution < 1.29 is 0 Å². The van der Waals surface area contributed by atoms with E-state index in [0.717, 1.165) is 22.3 Å². The molecule has 23 heavy (non-hydrogen) atoms. The Labute approximate surface area is 146 Å². The van der Waals surface area contributed by atoms with Crippen LogP contribution in [-0.4, -0.2) is 8.83 Å². The van der Waals surface area contributed by atoms with Gasteiger partial charge in [-0.2, -0.15) is 11.1 Å². The predicted octanol–water partition coefficient (Wildman–Crippen LogP) is 6.35. The summed E-state index contributed by atoms with van der Waals surface area (Å²) in [5, 5.41) is 0. The van der Waals surface area contributed by atoms with Crippen molar-refractivity contribution in [3.63, 3.8) is 0 Å². The van der Waals surface area contributed by atoms with Gasteiger partial charge in [0.25, 0.3) is 0 Å². The predicted molar refractivity (Wildman–Crippen MR) is 106 cm³/mol. The van der Waals surface area contributed by atoms with Crippen LogP contribution in [0.3, 0.4) is 0 Å². The first-order valence-electron chi connectivity index (χ1n) is 7.42. The summed E-state index contributed by atoms with van der Waals surface area (Å²) in [7, 11) is 0.306. The standard InChI is InChI=1S/C21H19ClSi/c1-3-17-7-5-9-19(15-17)11-13-21(23-22)14-12-20-10-6-8-18(4-2)16-20/h3-16,21H,1-2H2. The molecule has 0 N–H and O–H groups in total. The van der Waals surface area contributed by atoms with Crippen LogP contribution in [0.4, 0.5) is 0 Å². The summed E-state index contributed by atoms with van der Waals surface area (Å²) in [6.07, 6.45) is 12.2. The highest BCUT2D eigenvalue weighted by Gasteiger charge is 2.00. The summed E-state index contributed by atoms with van der Waals surface area (Å²) >= 11 is 6.11. The second-order valence-corrected chi connectivity index (χ2v) is 6.64. The van der Waals surface area contributed by atoms with Crippen molar-refractivity contribution in [3.8, 4) is 0 Å². The van der Waals surface area contributed by atoms with Crippen LogP contribution in [0.2, 0.25) is 5.54 Å². The Balaban J connectivity index is 2.09. The van der Waals surface area contributed by atoms with Gasteiger partial charge in [0.05, 0.1) is 0 Å². The topological polar surface area (TPSA) is 0 Å². The largest absolute Gasteiger partial charge is 0.183 e. The fourth-order valence-electron chi connectivity index (χ4n) is 2.15. The van der Waals surface area contributed by atoms with E-state index < -0.39 is 0 Å². The summed E-state index contributed by atoms with van der Waals surface area (Å²) in [4.78, 5) is 0. The van der Waals surface area contributed by atoms with Crippen LogP contribution >= 0.6 is 11.1 Å².